The van der Waals surface area contributed by atoms with E-state index in [1.165, 1.54) is 0 Å². The highest BCUT2D eigenvalue weighted by atomic mass is 35.5. The van der Waals surface area contributed by atoms with Gasteiger partial charge in [-0.3, -0.25) is 0 Å². The summed E-state index contributed by atoms with van der Waals surface area (Å²) in [6.45, 7) is 7.52. The first-order valence-electron chi connectivity index (χ1n) is 5.76. The van der Waals surface area contributed by atoms with Crippen molar-refractivity contribution in [3.8, 4) is 17.2 Å². The molecule has 7 heteroatoms. The van der Waals surface area contributed by atoms with Gasteiger partial charge in [-0.1, -0.05) is 11.6 Å². The van der Waals surface area contributed by atoms with E-state index in [0.29, 0.717) is 0 Å². The van der Waals surface area contributed by atoms with Crippen LogP contribution in [0.3, 0.4) is 0 Å². The van der Waals surface area contributed by atoms with Crippen LogP contribution < -0.4 is 5.46 Å². The fraction of sp³-hybridized carbons (Fsp3) is 0.500. The second kappa shape index (κ2) is 5.35. The number of benzene rings is 1. The number of aromatic hydroxyl groups is 3. The molecule has 1 aromatic carbocycles. The first kappa shape index (κ1) is 16.3. The lowest BCUT2D eigenvalue weighted by Crippen LogP contribution is -2.45. The van der Waals surface area contributed by atoms with Crippen LogP contribution in [0, 0.1) is 0 Å². The molecule has 0 unspecified atom stereocenters. The topological polar surface area (TPSA) is 69.9 Å². The Hall–Kier alpha value is -0.715. The Kier molecular flexibility index (Phi) is 4.60. The molecular weight excluding hydrogens is 286 g/mol. The maximum Gasteiger partial charge on any atom is 0.317 e. The third kappa shape index (κ3) is 3.44. The van der Waals surface area contributed by atoms with Crippen LogP contribution in [0.5, 0.6) is 17.2 Å². The van der Waals surface area contributed by atoms with E-state index in [9.17, 15) is 15.3 Å². The summed E-state index contributed by atoms with van der Waals surface area (Å²) in [6.07, 6.45) is 0. The summed E-state index contributed by atoms with van der Waals surface area (Å²) in [4.78, 5) is 0. The predicted molar refractivity (Wildman–Crippen MR) is 81.5 cm³/mol. The van der Waals surface area contributed by atoms with E-state index >= 15 is 0 Å². The zero-order valence-electron chi connectivity index (χ0n) is 11.4. The molecule has 0 spiro atoms. The molecule has 0 radical (unpaired) electrons. The summed E-state index contributed by atoms with van der Waals surface area (Å²) in [5.41, 5.74) is -0.465. The highest BCUT2D eigenvalue weighted by Crippen LogP contribution is 2.35. The number of halogens is 1. The number of phenols is 3. The molecule has 3 N–H and O–H groups in total. The zero-order valence-corrected chi connectivity index (χ0v) is 13.0. The molecule has 0 saturated carbocycles. The molecule has 0 aliphatic heterocycles. The largest absolute Gasteiger partial charge is 0.508 e. The van der Waals surface area contributed by atoms with Gasteiger partial charge in [-0.25, -0.2) is 0 Å². The third-order valence-electron chi connectivity index (χ3n) is 3.35. The summed E-state index contributed by atoms with van der Waals surface area (Å²) in [5.74, 6) is -1.03. The molecule has 0 aliphatic carbocycles. The molecule has 0 atom stereocenters. The van der Waals surface area contributed by atoms with Gasteiger partial charge in [0.15, 0.2) is 0 Å². The average molecular weight is 305 g/mol. The van der Waals surface area contributed by atoms with Crippen molar-refractivity contribution in [2.75, 3.05) is 0 Å². The lowest BCUT2D eigenvalue weighted by molar-refractivity contribution is 0.0853. The Morgan fingerprint density at radius 3 is 2.16 bits per heavy atom. The van der Waals surface area contributed by atoms with Crippen molar-refractivity contribution >= 4 is 37.2 Å². The third-order valence-corrected chi connectivity index (χ3v) is 4.26. The Balaban J connectivity index is 3.00. The average Bonchev–Trinajstić information content (AvgIpc) is 2.24. The van der Waals surface area contributed by atoms with Gasteiger partial charge >= 0.3 is 7.48 Å². The number of hydrogen-bond donors (Lipinski definition) is 4. The van der Waals surface area contributed by atoms with Crippen molar-refractivity contribution in [1.29, 1.82) is 0 Å². The molecule has 1 aromatic rings. The normalized spacial score (nSPS) is 12.5. The van der Waals surface area contributed by atoms with Gasteiger partial charge in [-0.15, -0.1) is 0 Å². The van der Waals surface area contributed by atoms with Gasteiger partial charge in [0.05, 0.1) is 5.60 Å². The summed E-state index contributed by atoms with van der Waals surface area (Å²) < 4.78 is 5.28. The lowest BCUT2D eigenvalue weighted by Gasteiger charge is -2.38. The van der Waals surface area contributed by atoms with Gasteiger partial charge in [0.2, 0.25) is 0 Å². The van der Waals surface area contributed by atoms with E-state index in [0.717, 1.165) is 6.07 Å². The van der Waals surface area contributed by atoms with E-state index in [2.05, 4.69) is 12.6 Å². The minimum absolute atomic E-state index is 0.0470. The molecule has 0 aromatic heterocycles. The SMILES string of the molecule is CC(C)(S)C(C)(C)OBc1c(O)cc(O)c(Cl)c1O. The van der Waals surface area contributed by atoms with Crippen LogP contribution in [0.15, 0.2) is 6.07 Å². The molecule has 0 amide bonds. The van der Waals surface area contributed by atoms with Crippen molar-refractivity contribution in [2.24, 2.45) is 0 Å². The first-order chi connectivity index (χ1) is 8.47. The van der Waals surface area contributed by atoms with Gasteiger partial charge in [0.1, 0.15) is 22.3 Å². The van der Waals surface area contributed by atoms with E-state index in [4.69, 9.17) is 16.3 Å². The van der Waals surface area contributed by atoms with Crippen LogP contribution in [-0.4, -0.2) is 33.1 Å². The van der Waals surface area contributed by atoms with Crippen LogP contribution in [0.2, 0.25) is 5.02 Å². The lowest BCUT2D eigenvalue weighted by atomic mass is 9.82. The maximum atomic E-state index is 9.81. The Morgan fingerprint density at radius 2 is 1.68 bits per heavy atom. The molecular formula is C12H18BClO4S. The van der Waals surface area contributed by atoms with Gasteiger partial charge in [0, 0.05) is 16.3 Å². The van der Waals surface area contributed by atoms with Gasteiger partial charge in [-0.05, 0) is 27.7 Å². The number of rotatable bonds is 4. The Morgan fingerprint density at radius 1 is 1.16 bits per heavy atom. The number of phenolic OH excluding ortho intramolecular Hbond substituents is 3. The van der Waals surface area contributed by atoms with Crippen molar-refractivity contribution in [2.45, 2.75) is 38.0 Å². The van der Waals surface area contributed by atoms with Crippen LogP contribution in [0.4, 0.5) is 0 Å². The summed E-state index contributed by atoms with van der Waals surface area (Å²) in [7, 11) is -0.0470. The molecule has 0 fully saturated rings. The van der Waals surface area contributed by atoms with Crippen molar-refractivity contribution in [3.63, 3.8) is 0 Å². The van der Waals surface area contributed by atoms with Crippen molar-refractivity contribution in [1.82, 2.24) is 0 Å². The minimum atomic E-state index is -0.598. The molecule has 106 valence electrons. The summed E-state index contributed by atoms with van der Waals surface area (Å²) >= 11 is 10.2. The Labute approximate surface area is 124 Å². The standard InChI is InChI=1S/C12H18BClO4S/c1-11(2,12(3,4)19)18-13-8-6(15)5-7(16)9(14)10(8)17/h5,13,15-17,19H,1-4H3. The molecule has 0 heterocycles. The summed E-state index contributed by atoms with van der Waals surface area (Å²) in [6, 6.07) is 1.07. The van der Waals surface area contributed by atoms with Gasteiger partial charge in [0.25, 0.3) is 0 Å². The van der Waals surface area contributed by atoms with E-state index in [1.54, 1.807) is 0 Å². The van der Waals surface area contributed by atoms with Crippen LogP contribution >= 0.6 is 24.2 Å². The van der Waals surface area contributed by atoms with E-state index in [-0.39, 0.29) is 35.2 Å². The van der Waals surface area contributed by atoms with Crippen LogP contribution in [0.25, 0.3) is 0 Å². The summed E-state index contributed by atoms with van der Waals surface area (Å²) in [5, 5.41) is 28.7. The van der Waals surface area contributed by atoms with Gasteiger partial charge < -0.3 is 20.0 Å². The highest BCUT2D eigenvalue weighted by Gasteiger charge is 2.35. The van der Waals surface area contributed by atoms with Crippen LogP contribution in [0.1, 0.15) is 27.7 Å². The molecule has 0 saturated heterocycles. The number of hydrogen-bond acceptors (Lipinski definition) is 5. The molecule has 0 bridgehead atoms. The highest BCUT2D eigenvalue weighted by molar-refractivity contribution is 7.81. The van der Waals surface area contributed by atoms with E-state index < -0.39 is 10.3 Å². The first-order valence-corrected chi connectivity index (χ1v) is 6.58. The number of thiol groups is 1. The fourth-order valence-electron chi connectivity index (χ4n) is 1.23. The Bertz CT molecular complexity index is 486. The van der Waals surface area contributed by atoms with Crippen LogP contribution in [-0.2, 0) is 4.65 Å². The molecule has 0 aliphatic rings. The zero-order chi connectivity index (χ0) is 15.0. The van der Waals surface area contributed by atoms with Crippen molar-refractivity contribution in [3.05, 3.63) is 11.1 Å². The second-order valence-electron chi connectivity index (χ2n) is 5.41. The molecule has 19 heavy (non-hydrogen) atoms. The molecule has 4 nitrogen and oxygen atoms in total. The fourth-order valence-corrected chi connectivity index (χ4v) is 1.46. The second-order valence-corrected chi connectivity index (χ2v) is 6.91. The molecule has 1 rings (SSSR count). The quantitative estimate of drug-likeness (QED) is 0.507. The predicted octanol–water partition coefficient (Wildman–Crippen LogP) is 1.94. The minimum Gasteiger partial charge on any atom is -0.508 e. The van der Waals surface area contributed by atoms with Crippen molar-refractivity contribution < 1.29 is 20.0 Å². The van der Waals surface area contributed by atoms with Gasteiger partial charge in [-0.2, -0.15) is 12.6 Å². The smallest absolute Gasteiger partial charge is 0.317 e. The van der Waals surface area contributed by atoms with E-state index in [1.807, 2.05) is 27.7 Å². The monoisotopic (exact) mass is 304 g/mol. The maximum absolute atomic E-state index is 9.81.